The molecule has 1 aliphatic heterocycles. The molecule has 0 aliphatic carbocycles. The lowest BCUT2D eigenvalue weighted by atomic mass is 9.92. The second kappa shape index (κ2) is 4.55. The molecule has 4 nitrogen and oxygen atoms in total. The van der Waals surface area contributed by atoms with E-state index in [1.54, 1.807) is 20.3 Å². The van der Waals surface area contributed by atoms with Crippen molar-refractivity contribution in [2.75, 3.05) is 14.2 Å². The Morgan fingerprint density at radius 2 is 1.88 bits per heavy atom. The van der Waals surface area contributed by atoms with Gasteiger partial charge in [0.25, 0.3) is 0 Å². The number of aliphatic hydroxyl groups is 1. The fourth-order valence-corrected chi connectivity index (χ4v) is 2.31. The van der Waals surface area contributed by atoms with E-state index in [4.69, 9.17) is 14.2 Å². The molecule has 0 radical (unpaired) electrons. The Kier molecular flexibility index (Phi) is 3.26. The Labute approximate surface area is 101 Å². The van der Waals surface area contributed by atoms with Crippen molar-refractivity contribution >= 4 is 0 Å². The van der Waals surface area contributed by atoms with Gasteiger partial charge in [0, 0.05) is 11.6 Å². The number of benzene rings is 1. The van der Waals surface area contributed by atoms with Gasteiger partial charge >= 0.3 is 0 Å². The lowest BCUT2D eigenvalue weighted by molar-refractivity contribution is -0.0817. The van der Waals surface area contributed by atoms with E-state index in [1.807, 2.05) is 19.9 Å². The van der Waals surface area contributed by atoms with Crippen LogP contribution in [0.15, 0.2) is 12.1 Å². The molecule has 0 amide bonds. The van der Waals surface area contributed by atoms with Crippen LogP contribution in [0.1, 0.15) is 37.2 Å². The largest absolute Gasteiger partial charge is 0.497 e. The number of fused-ring (bicyclic) bond motifs is 1. The van der Waals surface area contributed by atoms with Crippen molar-refractivity contribution in [3.8, 4) is 11.5 Å². The van der Waals surface area contributed by atoms with Crippen LogP contribution in [0, 0.1) is 0 Å². The van der Waals surface area contributed by atoms with E-state index in [9.17, 15) is 5.11 Å². The smallest absolute Gasteiger partial charge is 0.128 e. The molecule has 1 aromatic rings. The van der Waals surface area contributed by atoms with Gasteiger partial charge in [0.05, 0.1) is 26.4 Å². The van der Waals surface area contributed by atoms with E-state index in [0.29, 0.717) is 11.5 Å². The normalized spacial score (nSPS) is 27.5. The minimum Gasteiger partial charge on any atom is -0.497 e. The van der Waals surface area contributed by atoms with Crippen molar-refractivity contribution < 1.29 is 19.3 Å². The summed E-state index contributed by atoms with van der Waals surface area (Å²) in [5.74, 6) is 1.37. The van der Waals surface area contributed by atoms with Crippen molar-refractivity contribution in [2.45, 2.75) is 32.2 Å². The first kappa shape index (κ1) is 12.2. The maximum atomic E-state index is 10.2. The molecule has 17 heavy (non-hydrogen) atoms. The molecule has 94 valence electrons. The van der Waals surface area contributed by atoms with Gasteiger partial charge in [-0.05, 0) is 25.5 Å². The van der Waals surface area contributed by atoms with Gasteiger partial charge in [0.15, 0.2) is 0 Å². The van der Waals surface area contributed by atoms with Crippen LogP contribution in [-0.4, -0.2) is 25.4 Å². The highest BCUT2D eigenvalue weighted by Gasteiger charge is 2.32. The third kappa shape index (κ3) is 1.98. The SMILES string of the molecule is COc1cc(OC)c2c(c1)[C@H](O)[C@H](C)O[C@H]2C. The Morgan fingerprint density at radius 3 is 2.47 bits per heavy atom. The highest BCUT2D eigenvalue weighted by atomic mass is 16.5. The highest BCUT2D eigenvalue weighted by Crippen LogP contribution is 2.43. The van der Waals surface area contributed by atoms with E-state index >= 15 is 0 Å². The second-order valence-corrected chi connectivity index (χ2v) is 4.26. The first-order chi connectivity index (χ1) is 8.08. The molecule has 0 bridgehead atoms. The maximum Gasteiger partial charge on any atom is 0.128 e. The lowest BCUT2D eigenvalue weighted by Crippen LogP contribution is -2.27. The molecule has 1 aromatic carbocycles. The fourth-order valence-electron chi connectivity index (χ4n) is 2.31. The summed E-state index contributed by atoms with van der Waals surface area (Å²) in [6, 6.07) is 3.65. The van der Waals surface area contributed by atoms with E-state index in [0.717, 1.165) is 11.1 Å². The number of hydrogen-bond donors (Lipinski definition) is 1. The zero-order valence-corrected chi connectivity index (χ0v) is 10.6. The topological polar surface area (TPSA) is 47.9 Å². The highest BCUT2D eigenvalue weighted by molar-refractivity contribution is 5.49. The lowest BCUT2D eigenvalue weighted by Gasteiger charge is -2.33. The summed E-state index contributed by atoms with van der Waals surface area (Å²) in [5, 5.41) is 10.2. The van der Waals surface area contributed by atoms with Gasteiger partial charge in [0.1, 0.15) is 17.6 Å². The van der Waals surface area contributed by atoms with E-state index in [2.05, 4.69) is 0 Å². The molecule has 0 unspecified atom stereocenters. The summed E-state index contributed by atoms with van der Waals surface area (Å²) < 4.78 is 16.2. The molecule has 1 N–H and O–H groups in total. The molecular weight excluding hydrogens is 220 g/mol. The third-order valence-electron chi connectivity index (χ3n) is 3.19. The molecule has 0 saturated carbocycles. The Bertz CT molecular complexity index is 416. The third-order valence-corrected chi connectivity index (χ3v) is 3.19. The molecule has 0 fully saturated rings. The Balaban J connectivity index is 2.59. The van der Waals surface area contributed by atoms with Crippen LogP contribution in [0.2, 0.25) is 0 Å². The van der Waals surface area contributed by atoms with Crippen LogP contribution in [-0.2, 0) is 4.74 Å². The van der Waals surface area contributed by atoms with Crippen molar-refractivity contribution in [3.05, 3.63) is 23.3 Å². The van der Waals surface area contributed by atoms with Crippen molar-refractivity contribution in [1.82, 2.24) is 0 Å². The van der Waals surface area contributed by atoms with Gasteiger partial charge in [-0.2, -0.15) is 0 Å². The van der Waals surface area contributed by atoms with Crippen molar-refractivity contribution in [3.63, 3.8) is 0 Å². The number of methoxy groups -OCH3 is 2. The van der Waals surface area contributed by atoms with Gasteiger partial charge in [-0.15, -0.1) is 0 Å². The zero-order valence-electron chi connectivity index (χ0n) is 10.6. The predicted molar refractivity (Wildman–Crippen MR) is 63.5 cm³/mol. The van der Waals surface area contributed by atoms with Crippen LogP contribution in [0.3, 0.4) is 0 Å². The van der Waals surface area contributed by atoms with Crippen LogP contribution in [0.4, 0.5) is 0 Å². The van der Waals surface area contributed by atoms with E-state index in [1.165, 1.54) is 0 Å². The Hall–Kier alpha value is -1.26. The van der Waals surface area contributed by atoms with Gasteiger partial charge in [-0.3, -0.25) is 0 Å². The quantitative estimate of drug-likeness (QED) is 0.858. The standard InChI is InChI=1S/C13H18O4/c1-7-12-10(13(14)8(2)17-7)5-9(15-3)6-11(12)16-4/h5-8,13-14H,1-4H3/t7-,8-,13+/m0/s1. The molecule has 1 heterocycles. The fraction of sp³-hybridized carbons (Fsp3) is 0.538. The first-order valence-corrected chi connectivity index (χ1v) is 5.67. The Morgan fingerprint density at radius 1 is 1.18 bits per heavy atom. The minimum absolute atomic E-state index is 0.0933. The zero-order chi connectivity index (χ0) is 12.6. The monoisotopic (exact) mass is 238 g/mol. The minimum atomic E-state index is -0.648. The molecular formula is C13H18O4. The second-order valence-electron chi connectivity index (χ2n) is 4.26. The molecule has 1 aliphatic rings. The summed E-state index contributed by atoms with van der Waals surface area (Å²) in [6.07, 6.45) is -0.969. The maximum absolute atomic E-state index is 10.2. The van der Waals surface area contributed by atoms with Crippen LogP contribution in [0.25, 0.3) is 0 Å². The number of hydrogen-bond acceptors (Lipinski definition) is 4. The molecule has 2 rings (SSSR count). The van der Waals surface area contributed by atoms with Gasteiger partial charge < -0.3 is 19.3 Å². The molecule has 4 heteroatoms. The summed E-state index contributed by atoms with van der Waals surface area (Å²) >= 11 is 0. The van der Waals surface area contributed by atoms with E-state index in [-0.39, 0.29) is 12.2 Å². The number of rotatable bonds is 2. The number of ether oxygens (including phenoxy) is 3. The van der Waals surface area contributed by atoms with Crippen LogP contribution < -0.4 is 9.47 Å². The average molecular weight is 238 g/mol. The predicted octanol–water partition coefficient (Wildman–Crippen LogP) is 2.22. The van der Waals surface area contributed by atoms with Crippen molar-refractivity contribution in [1.29, 1.82) is 0 Å². The molecule has 0 saturated heterocycles. The van der Waals surface area contributed by atoms with Crippen molar-refractivity contribution in [2.24, 2.45) is 0 Å². The van der Waals surface area contributed by atoms with E-state index < -0.39 is 6.10 Å². The first-order valence-electron chi connectivity index (χ1n) is 5.67. The van der Waals surface area contributed by atoms with Crippen LogP contribution in [0.5, 0.6) is 11.5 Å². The molecule has 0 aromatic heterocycles. The summed E-state index contributed by atoms with van der Waals surface area (Å²) in [7, 11) is 3.20. The number of aliphatic hydroxyl groups excluding tert-OH is 1. The summed E-state index contributed by atoms with van der Waals surface area (Å²) in [4.78, 5) is 0. The summed E-state index contributed by atoms with van der Waals surface area (Å²) in [5.41, 5.74) is 1.73. The van der Waals surface area contributed by atoms with Gasteiger partial charge in [0.2, 0.25) is 0 Å². The van der Waals surface area contributed by atoms with Gasteiger partial charge in [-0.25, -0.2) is 0 Å². The van der Waals surface area contributed by atoms with Gasteiger partial charge in [-0.1, -0.05) is 0 Å². The summed E-state index contributed by atoms with van der Waals surface area (Å²) in [6.45, 7) is 3.81. The van der Waals surface area contributed by atoms with Crippen LogP contribution >= 0.6 is 0 Å². The molecule has 3 atom stereocenters. The molecule has 0 spiro atoms. The average Bonchev–Trinajstić information content (AvgIpc) is 2.34.